The number of rotatable bonds is 1. The van der Waals surface area contributed by atoms with Crippen LogP contribution in [0, 0.1) is 0 Å². The minimum absolute atomic E-state index is 0.211. The fourth-order valence-electron chi connectivity index (χ4n) is 0.915. The maximum absolute atomic E-state index is 12.5. The zero-order valence-corrected chi connectivity index (χ0v) is 8.48. The van der Waals surface area contributed by atoms with Crippen molar-refractivity contribution in [3.8, 4) is 0 Å². The van der Waals surface area contributed by atoms with Crippen LogP contribution < -0.4 is 0 Å². The van der Waals surface area contributed by atoms with Gasteiger partial charge in [0.25, 0.3) is 0 Å². The summed E-state index contributed by atoms with van der Waals surface area (Å²) in [6, 6.07) is 7.74. The molecule has 0 saturated carbocycles. The highest BCUT2D eigenvalue weighted by molar-refractivity contribution is 9.09. The average Bonchev–Trinajstić information content (AvgIpc) is 2.04. The van der Waals surface area contributed by atoms with E-state index in [0.29, 0.717) is 0 Å². The molecule has 0 nitrogen and oxygen atoms in total. The van der Waals surface area contributed by atoms with Gasteiger partial charge in [-0.2, -0.15) is 13.2 Å². The quantitative estimate of drug-likeness (QED) is 0.666. The van der Waals surface area contributed by atoms with Crippen molar-refractivity contribution in [3.63, 3.8) is 0 Å². The van der Waals surface area contributed by atoms with Crippen molar-refractivity contribution in [2.75, 3.05) is 0 Å². The lowest BCUT2D eigenvalue weighted by Gasteiger charge is -2.25. The summed E-state index contributed by atoms with van der Waals surface area (Å²) in [6.07, 6.45) is -4.28. The van der Waals surface area contributed by atoms with Gasteiger partial charge in [0.15, 0.2) is 0 Å². The molecule has 1 aromatic rings. The third kappa shape index (κ3) is 2.05. The van der Waals surface area contributed by atoms with Gasteiger partial charge in [-0.25, -0.2) is 0 Å². The predicted molar refractivity (Wildman–Crippen MR) is 48.8 cm³/mol. The average molecular weight is 253 g/mol. The van der Waals surface area contributed by atoms with Gasteiger partial charge in [-0.3, -0.25) is 0 Å². The first-order valence-corrected chi connectivity index (χ1v) is 4.46. The van der Waals surface area contributed by atoms with Crippen LogP contribution in [0.2, 0.25) is 0 Å². The Balaban J connectivity index is 3.08. The summed E-state index contributed by atoms with van der Waals surface area (Å²) in [4.78, 5) is 0. The summed E-state index contributed by atoms with van der Waals surface area (Å²) >= 11 is 2.69. The minimum atomic E-state index is -4.28. The van der Waals surface area contributed by atoms with E-state index in [1.165, 1.54) is 12.1 Å². The summed E-state index contributed by atoms with van der Waals surface area (Å²) in [6.45, 7) is 1.10. The lowest BCUT2D eigenvalue weighted by molar-refractivity contribution is -0.155. The van der Waals surface area contributed by atoms with Gasteiger partial charge in [0, 0.05) is 0 Å². The molecule has 0 amide bonds. The summed E-state index contributed by atoms with van der Waals surface area (Å²) in [5.41, 5.74) is 0.211. The molecule has 1 unspecified atom stereocenters. The van der Waals surface area contributed by atoms with E-state index >= 15 is 0 Å². The largest absolute Gasteiger partial charge is 0.407 e. The Bertz CT molecular complexity index is 277. The van der Waals surface area contributed by atoms with Gasteiger partial charge in [0.05, 0.1) is 0 Å². The molecule has 0 aliphatic rings. The molecule has 4 heteroatoms. The van der Waals surface area contributed by atoms with E-state index in [2.05, 4.69) is 15.9 Å². The highest BCUT2D eigenvalue weighted by atomic mass is 79.9. The van der Waals surface area contributed by atoms with Crippen molar-refractivity contribution < 1.29 is 13.2 Å². The lowest BCUT2D eigenvalue weighted by Crippen LogP contribution is -2.33. The fourth-order valence-corrected chi connectivity index (χ4v) is 1.18. The highest BCUT2D eigenvalue weighted by Crippen LogP contribution is 2.45. The van der Waals surface area contributed by atoms with Crippen molar-refractivity contribution in [3.05, 3.63) is 35.9 Å². The second-order valence-electron chi connectivity index (χ2n) is 2.87. The zero-order chi connectivity index (χ0) is 10.1. The molecule has 13 heavy (non-hydrogen) atoms. The van der Waals surface area contributed by atoms with Gasteiger partial charge in [0.1, 0.15) is 4.32 Å². The molecule has 0 bridgehead atoms. The molecule has 1 atom stereocenters. The van der Waals surface area contributed by atoms with E-state index in [4.69, 9.17) is 0 Å². The first-order chi connectivity index (χ1) is 5.86. The van der Waals surface area contributed by atoms with Crippen LogP contribution in [0.1, 0.15) is 12.5 Å². The number of benzene rings is 1. The molecule has 1 rings (SSSR count). The zero-order valence-electron chi connectivity index (χ0n) is 6.90. The molecule has 0 heterocycles. The minimum Gasteiger partial charge on any atom is -0.169 e. The van der Waals surface area contributed by atoms with E-state index in [1.807, 2.05) is 0 Å². The first-order valence-electron chi connectivity index (χ1n) is 3.67. The first kappa shape index (κ1) is 10.6. The van der Waals surface area contributed by atoms with E-state index in [-0.39, 0.29) is 5.56 Å². The monoisotopic (exact) mass is 252 g/mol. The third-order valence-corrected chi connectivity index (χ3v) is 2.76. The van der Waals surface area contributed by atoms with E-state index in [9.17, 15) is 13.2 Å². The van der Waals surface area contributed by atoms with Gasteiger partial charge in [-0.1, -0.05) is 46.3 Å². The van der Waals surface area contributed by atoms with Crippen LogP contribution in [-0.2, 0) is 4.32 Å². The van der Waals surface area contributed by atoms with Crippen LogP contribution in [0.4, 0.5) is 13.2 Å². The van der Waals surface area contributed by atoms with Crippen LogP contribution in [0.25, 0.3) is 0 Å². The molecule has 0 saturated heterocycles. The third-order valence-electron chi connectivity index (χ3n) is 1.85. The van der Waals surface area contributed by atoms with Gasteiger partial charge < -0.3 is 0 Å². The Morgan fingerprint density at radius 2 is 1.54 bits per heavy atom. The number of hydrogen-bond donors (Lipinski definition) is 0. The van der Waals surface area contributed by atoms with Crippen LogP contribution >= 0.6 is 15.9 Å². The molecular formula is C9H8BrF3. The maximum atomic E-state index is 12.5. The van der Waals surface area contributed by atoms with Crippen LogP contribution in [0.15, 0.2) is 30.3 Å². The van der Waals surface area contributed by atoms with Crippen molar-refractivity contribution in [1.29, 1.82) is 0 Å². The molecule has 0 radical (unpaired) electrons. The van der Waals surface area contributed by atoms with Crippen molar-refractivity contribution >= 4 is 15.9 Å². The fraction of sp³-hybridized carbons (Fsp3) is 0.333. The summed E-state index contributed by atoms with van der Waals surface area (Å²) in [7, 11) is 0. The van der Waals surface area contributed by atoms with Crippen LogP contribution in [0.3, 0.4) is 0 Å². The van der Waals surface area contributed by atoms with Gasteiger partial charge in [-0.15, -0.1) is 0 Å². The van der Waals surface area contributed by atoms with E-state index < -0.39 is 10.5 Å². The molecule has 0 fully saturated rings. The maximum Gasteiger partial charge on any atom is 0.407 e. The lowest BCUT2D eigenvalue weighted by atomic mass is 10.0. The molecule has 1 aromatic carbocycles. The van der Waals surface area contributed by atoms with Gasteiger partial charge in [0.2, 0.25) is 0 Å². The van der Waals surface area contributed by atoms with E-state index in [1.54, 1.807) is 18.2 Å². The second-order valence-corrected chi connectivity index (χ2v) is 4.45. The Hall–Kier alpha value is -0.510. The van der Waals surface area contributed by atoms with Crippen molar-refractivity contribution in [1.82, 2.24) is 0 Å². The van der Waals surface area contributed by atoms with Crippen molar-refractivity contribution in [2.45, 2.75) is 17.4 Å². The smallest absolute Gasteiger partial charge is 0.169 e. The second kappa shape index (κ2) is 3.33. The molecule has 0 aliphatic carbocycles. The predicted octanol–water partition coefficient (Wildman–Crippen LogP) is 3.86. The molecule has 0 spiro atoms. The van der Waals surface area contributed by atoms with Gasteiger partial charge >= 0.3 is 6.18 Å². The van der Waals surface area contributed by atoms with Crippen LogP contribution in [0.5, 0.6) is 0 Å². The molecule has 72 valence electrons. The Morgan fingerprint density at radius 1 is 1.08 bits per heavy atom. The number of alkyl halides is 4. The Morgan fingerprint density at radius 3 is 1.92 bits per heavy atom. The highest BCUT2D eigenvalue weighted by Gasteiger charge is 2.50. The number of halogens is 4. The van der Waals surface area contributed by atoms with E-state index in [0.717, 1.165) is 6.92 Å². The van der Waals surface area contributed by atoms with Crippen molar-refractivity contribution in [2.24, 2.45) is 0 Å². The summed E-state index contributed by atoms with van der Waals surface area (Å²) in [5, 5.41) is 0. The summed E-state index contributed by atoms with van der Waals surface area (Å²) in [5.74, 6) is 0. The SMILES string of the molecule is CC(Br)(c1ccccc1)C(F)(F)F. The number of hydrogen-bond acceptors (Lipinski definition) is 0. The standard InChI is InChI=1S/C9H8BrF3/c1-8(10,9(11,12)13)7-5-3-2-4-6-7/h2-6H,1H3. The molecular weight excluding hydrogens is 245 g/mol. The Kier molecular flexibility index (Phi) is 2.71. The summed E-state index contributed by atoms with van der Waals surface area (Å²) < 4.78 is 35.5. The normalized spacial score (nSPS) is 16.7. The molecule has 0 aromatic heterocycles. The molecule has 0 N–H and O–H groups in total. The van der Waals surface area contributed by atoms with Crippen LogP contribution in [-0.4, -0.2) is 6.18 Å². The molecule has 0 aliphatic heterocycles. The topological polar surface area (TPSA) is 0 Å². The Labute approximate surface area is 82.9 Å². The van der Waals surface area contributed by atoms with Gasteiger partial charge in [-0.05, 0) is 12.5 Å².